The van der Waals surface area contributed by atoms with Crippen LogP contribution in [0.15, 0.2) is 10.7 Å². The summed E-state index contributed by atoms with van der Waals surface area (Å²) in [5.41, 5.74) is 0. The van der Waals surface area contributed by atoms with Crippen LogP contribution in [0.3, 0.4) is 0 Å². The Labute approximate surface area is 78.0 Å². The van der Waals surface area contributed by atoms with E-state index in [1.54, 1.807) is 7.11 Å². The number of methoxy groups -OCH3 is 1. The van der Waals surface area contributed by atoms with Crippen molar-refractivity contribution in [1.82, 2.24) is 0 Å². The fourth-order valence-electron chi connectivity index (χ4n) is 0.870. The van der Waals surface area contributed by atoms with Crippen LogP contribution in [0, 0.1) is 0 Å². The van der Waals surface area contributed by atoms with Crippen molar-refractivity contribution in [3.8, 4) is 0 Å². The van der Waals surface area contributed by atoms with Crippen molar-refractivity contribution >= 4 is 15.9 Å². The first-order chi connectivity index (χ1) is 5.31. The smallest absolute Gasteiger partial charge is 0.157 e. The van der Waals surface area contributed by atoms with Gasteiger partial charge in [-0.15, -0.1) is 0 Å². The Bertz CT molecular complexity index is 110. The molecule has 0 bridgehead atoms. The number of ether oxygens (including phenoxy) is 1. The first kappa shape index (κ1) is 11.0. The molecular weight excluding hydrogens is 204 g/mol. The molecule has 0 unspecified atom stereocenters. The highest BCUT2D eigenvalue weighted by Gasteiger charge is 1.88. The van der Waals surface area contributed by atoms with E-state index in [-0.39, 0.29) is 0 Å². The van der Waals surface area contributed by atoms with Gasteiger partial charge in [-0.3, -0.25) is 0 Å². The fourth-order valence-corrected chi connectivity index (χ4v) is 1.10. The normalized spacial score (nSPS) is 11.7. The van der Waals surface area contributed by atoms with Gasteiger partial charge in [0.2, 0.25) is 0 Å². The molecule has 2 heteroatoms. The second kappa shape index (κ2) is 8.12. The highest BCUT2D eigenvalue weighted by Crippen LogP contribution is 2.09. The van der Waals surface area contributed by atoms with Crippen LogP contribution in [-0.2, 0) is 4.74 Å². The van der Waals surface area contributed by atoms with Crippen molar-refractivity contribution in [3.63, 3.8) is 0 Å². The first-order valence-corrected chi connectivity index (χ1v) is 5.00. The van der Waals surface area contributed by atoms with E-state index < -0.39 is 0 Å². The molecule has 0 atom stereocenters. The quantitative estimate of drug-likeness (QED) is 0.489. The number of unbranched alkanes of at least 4 members (excludes halogenated alkanes) is 4. The highest BCUT2D eigenvalue weighted by molar-refractivity contribution is 9.11. The van der Waals surface area contributed by atoms with E-state index >= 15 is 0 Å². The Hall–Kier alpha value is 0.0200. The summed E-state index contributed by atoms with van der Waals surface area (Å²) in [5.74, 6) is 0. The molecule has 0 aromatic heterocycles. The van der Waals surface area contributed by atoms with Gasteiger partial charge in [0.05, 0.1) is 7.11 Å². The first-order valence-electron chi connectivity index (χ1n) is 4.21. The molecule has 0 aliphatic rings. The zero-order valence-electron chi connectivity index (χ0n) is 7.40. The number of rotatable bonds is 6. The zero-order valence-corrected chi connectivity index (χ0v) is 8.99. The molecule has 0 saturated heterocycles. The average Bonchev–Trinajstić information content (AvgIpc) is 2.04. The van der Waals surface area contributed by atoms with Gasteiger partial charge in [0.15, 0.2) is 4.67 Å². The van der Waals surface area contributed by atoms with Crippen molar-refractivity contribution < 1.29 is 4.74 Å². The Balaban J connectivity index is 3.12. The van der Waals surface area contributed by atoms with Crippen molar-refractivity contribution in [2.75, 3.05) is 7.11 Å². The minimum absolute atomic E-state index is 0.856. The van der Waals surface area contributed by atoms with Gasteiger partial charge in [-0.1, -0.05) is 26.2 Å². The second-order valence-electron chi connectivity index (χ2n) is 2.56. The molecule has 66 valence electrons. The molecule has 0 N–H and O–H groups in total. The lowest BCUT2D eigenvalue weighted by molar-refractivity contribution is 0.326. The second-order valence-corrected chi connectivity index (χ2v) is 3.34. The summed E-state index contributed by atoms with van der Waals surface area (Å²) in [4.78, 5) is 0. The number of allylic oxidation sites excluding steroid dienone is 1. The van der Waals surface area contributed by atoms with Gasteiger partial charge in [-0.05, 0) is 34.8 Å². The van der Waals surface area contributed by atoms with Crippen LogP contribution in [0.2, 0.25) is 0 Å². The highest BCUT2D eigenvalue weighted by atomic mass is 79.9. The van der Waals surface area contributed by atoms with Gasteiger partial charge in [-0.25, -0.2) is 0 Å². The third kappa shape index (κ3) is 7.92. The number of hydrogen-bond acceptors (Lipinski definition) is 1. The lowest BCUT2D eigenvalue weighted by Gasteiger charge is -1.96. The molecule has 0 rings (SSSR count). The molecule has 1 nitrogen and oxygen atoms in total. The average molecular weight is 221 g/mol. The molecule has 0 radical (unpaired) electrons. The van der Waals surface area contributed by atoms with E-state index in [0.717, 1.165) is 11.1 Å². The van der Waals surface area contributed by atoms with Crippen LogP contribution in [0.1, 0.15) is 39.0 Å². The summed E-state index contributed by atoms with van der Waals surface area (Å²) in [6.45, 7) is 2.22. The molecule has 0 heterocycles. The molecule has 0 fully saturated rings. The van der Waals surface area contributed by atoms with E-state index in [1.165, 1.54) is 25.7 Å². The van der Waals surface area contributed by atoms with Crippen molar-refractivity contribution in [1.29, 1.82) is 0 Å². The monoisotopic (exact) mass is 220 g/mol. The summed E-state index contributed by atoms with van der Waals surface area (Å²) in [7, 11) is 1.67. The Kier molecular flexibility index (Phi) is 8.13. The molecule has 0 aromatic rings. The van der Waals surface area contributed by atoms with Gasteiger partial charge in [0, 0.05) is 0 Å². The van der Waals surface area contributed by atoms with Gasteiger partial charge in [-0.2, -0.15) is 0 Å². The number of halogens is 1. The molecule has 0 spiro atoms. The molecular formula is C9H17BrO. The van der Waals surface area contributed by atoms with Gasteiger partial charge in [0.1, 0.15) is 0 Å². The van der Waals surface area contributed by atoms with Crippen molar-refractivity contribution in [2.24, 2.45) is 0 Å². The van der Waals surface area contributed by atoms with E-state index in [0.29, 0.717) is 0 Å². The lowest BCUT2D eigenvalue weighted by Crippen LogP contribution is -1.77. The Morgan fingerprint density at radius 2 is 2.09 bits per heavy atom. The van der Waals surface area contributed by atoms with Gasteiger partial charge in [0.25, 0.3) is 0 Å². The summed E-state index contributed by atoms with van der Waals surface area (Å²) in [6.07, 6.45) is 8.45. The Morgan fingerprint density at radius 1 is 1.36 bits per heavy atom. The molecule has 0 amide bonds. The van der Waals surface area contributed by atoms with Crippen LogP contribution in [-0.4, -0.2) is 7.11 Å². The Morgan fingerprint density at radius 3 is 2.64 bits per heavy atom. The van der Waals surface area contributed by atoms with E-state index in [1.807, 2.05) is 0 Å². The zero-order chi connectivity index (χ0) is 8.53. The maximum Gasteiger partial charge on any atom is 0.157 e. The summed E-state index contributed by atoms with van der Waals surface area (Å²) in [5, 5.41) is 0. The van der Waals surface area contributed by atoms with Gasteiger partial charge >= 0.3 is 0 Å². The third-order valence-corrected chi connectivity index (χ3v) is 2.20. The predicted octanol–water partition coefficient (Wildman–Crippen LogP) is 3.84. The maximum atomic E-state index is 4.93. The SMILES string of the molecule is CCCCCC/C=C(/Br)OC. The molecule has 11 heavy (non-hydrogen) atoms. The fraction of sp³-hybridized carbons (Fsp3) is 0.778. The predicted molar refractivity (Wildman–Crippen MR) is 52.8 cm³/mol. The maximum absolute atomic E-state index is 4.93. The minimum atomic E-state index is 0.856. The van der Waals surface area contributed by atoms with Crippen LogP contribution in [0.4, 0.5) is 0 Å². The molecule has 0 aliphatic carbocycles. The summed E-state index contributed by atoms with van der Waals surface area (Å²) in [6, 6.07) is 0. The van der Waals surface area contributed by atoms with E-state index in [2.05, 4.69) is 28.9 Å². The van der Waals surface area contributed by atoms with Crippen molar-refractivity contribution in [2.45, 2.75) is 39.0 Å². The molecule has 0 aliphatic heterocycles. The van der Waals surface area contributed by atoms with Crippen LogP contribution in [0.25, 0.3) is 0 Å². The van der Waals surface area contributed by atoms with E-state index in [4.69, 9.17) is 4.74 Å². The van der Waals surface area contributed by atoms with Crippen molar-refractivity contribution in [3.05, 3.63) is 10.7 Å². The number of hydrogen-bond donors (Lipinski definition) is 0. The van der Waals surface area contributed by atoms with E-state index in [9.17, 15) is 0 Å². The topological polar surface area (TPSA) is 9.23 Å². The lowest BCUT2D eigenvalue weighted by atomic mass is 10.1. The largest absolute Gasteiger partial charge is 0.490 e. The van der Waals surface area contributed by atoms with Crippen LogP contribution >= 0.6 is 15.9 Å². The molecule has 0 aromatic carbocycles. The summed E-state index contributed by atoms with van der Waals surface area (Å²) < 4.78 is 5.79. The minimum Gasteiger partial charge on any atom is -0.490 e. The third-order valence-electron chi connectivity index (χ3n) is 1.56. The van der Waals surface area contributed by atoms with Gasteiger partial charge < -0.3 is 4.74 Å². The standard InChI is InChI=1S/C9H17BrO/c1-3-4-5-6-7-8-9(10)11-2/h8H,3-7H2,1-2H3/b9-8-. The molecule has 0 saturated carbocycles. The van der Waals surface area contributed by atoms with Crippen LogP contribution in [0.5, 0.6) is 0 Å². The van der Waals surface area contributed by atoms with Crippen LogP contribution < -0.4 is 0 Å². The summed E-state index contributed by atoms with van der Waals surface area (Å²) >= 11 is 3.28.